The quantitative estimate of drug-likeness (QED) is 0.509. The Bertz CT molecular complexity index is 317. The molecule has 2 N–H and O–H groups in total. The highest BCUT2D eigenvalue weighted by atomic mass is 32.2. The maximum absolute atomic E-state index is 10.8. The molecule has 1 fully saturated rings. The first-order chi connectivity index (χ1) is 6.66. The summed E-state index contributed by atoms with van der Waals surface area (Å²) in [5, 5.41) is 12.0. The van der Waals surface area contributed by atoms with Crippen LogP contribution >= 0.6 is 11.8 Å². The lowest BCUT2D eigenvalue weighted by Crippen LogP contribution is -2.46. The molecule has 2 aliphatic rings. The number of thioether (sulfide) groups is 1. The van der Waals surface area contributed by atoms with Crippen molar-refractivity contribution < 1.29 is 19.4 Å². The van der Waals surface area contributed by atoms with Crippen LogP contribution in [-0.2, 0) is 14.3 Å². The fourth-order valence-corrected chi connectivity index (χ4v) is 2.28. The van der Waals surface area contributed by atoms with E-state index in [0.717, 1.165) is 0 Å². The third-order valence-electron chi connectivity index (χ3n) is 2.06. The van der Waals surface area contributed by atoms with Gasteiger partial charge in [-0.05, 0) is 0 Å². The molecule has 1 atom stereocenters. The third kappa shape index (κ3) is 1.70. The van der Waals surface area contributed by atoms with Crippen molar-refractivity contribution in [3.63, 3.8) is 0 Å². The Morgan fingerprint density at radius 1 is 1.57 bits per heavy atom. The van der Waals surface area contributed by atoms with Gasteiger partial charge in [0.1, 0.15) is 6.61 Å². The van der Waals surface area contributed by atoms with Crippen molar-refractivity contribution in [2.45, 2.75) is 11.8 Å². The van der Waals surface area contributed by atoms with Gasteiger partial charge in [-0.3, -0.25) is 4.79 Å². The summed E-state index contributed by atoms with van der Waals surface area (Å²) in [6.45, 7) is 0.165. The molecule has 1 saturated heterocycles. The van der Waals surface area contributed by atoms with E-state index >= 15 is 0 Å². The number of aliphatic hydroxyl groups excluding tert-OH is 1. The van der Waals surface area contributed by atoms with Crippen LogP contribution in [0.2, 0.25) is 0 Å². The number of cyclic esters (lactones) is 1. The maximum atomic E-state index is 10.8. The monoisotopic (exact) mass is 215 g/mol. The topological polar surface area (TPSA) is 75.6 Å². The Morgan fingerprint density at radius 3 is 2.79 bits per heavy atom. The molecule has 14 heavy (non-hydrogen) atoms. The van der Waals surface area contributed by atoms with Gasteiger partial charge >= 0.3 is 5.97 Å². The summed E-state index contributed by atoms with van der Waals surface area (Å²) in [5.74, 6) is -0.372. The van der Waals surface area contributed by atoms with Gasteiger partial charge in [-0.25, -0.2) is 4.79 Å². The first kappa shape index (κ1) is 9.39. The van der Waals surface area contributed by atoms with Gasteiger partial charge in [0, 0.05) is 11.3 Å². The van der Waals surface area contributed by atoms with Gasteiger partial charge in [0.25, 0.3) is 0 Å². The third-order valence-corrected chi connectivity index (χ3v) is 3.26. The molecule has 6 heteroatoms. The van der Waals surface area contributed by atoms with Crippen LogP contribution in [0, 0.1) is 0 Å². The van der Waals surface area contributed by atoms with Crippen LogP contribution < -0.4 is 5.32 Å². The van der Waals surface area contributed by atoms with E-state index < -0.39 is 5.97 Å². The van der Waals surface area contributed by atoms with Crippen molar-refractivity contribution in [1.29, 1.82) is 0 Å². The van der Waals surface area contributed by atoms with Gasteiger partial charge in [-0.1, -0.05) is 0 Å². The van der Waals surface area contributed by atoms with Crippen molar-refractivity contribution >= 4 is 23.6 Å². The zero-order valence-corrected chi connectivity index (χ0v) is 8.10. The lowest BCUT2D eigenvalue weighted by atomic mass is 10.3. The van der Waals surface area contributed by atoms with Crippen LogP contribution in [0.5, 0.6) is 0 Å². The maximum Gasteiger partial charge on any atom is 0.373 e. The molecule has 0 bridgehead atoms. The SMILES string of the molecule is O=C1CC(SCC2=C(O)C(=O)OC2)N1. The number of rotatable bonds is 3. The number of hydrogen-bond acceptors (Lipinski definition) is 5. The summed E-state index contributed by atoms with van der Waals surface area (Å²) in [6, 6.07) is 0. The molecular formula is C8H9NO4S. The Hall–Kier alpha value is -1.17. The van der Waals surface area contributed by atoms with Gasteiger partial charge < -0.3 is 15.2 Å². The lowest BCUT2D eigenvalue weighted by Gasteiger charge is -2.25. The molecule has 0 saturated carbocycles. The summed E-state index contributed by atoms with van der Waals surface area (Å²) in [4.78, 5) is 21.3. The smallest absolute Gasteiger partial charge is 0.373 e. The summed E-state index contributed by atoms with van der Waals surface area (Å²) < 4.78 is 4.62. The second kappa shape index (κ2) is 3.53. The van der Waals surface area contributed by atoms with Gasteiger partial charge in [-0.15, -0.1) is 11.8 Å². The Balaban J connectivity index is 1.81. The van der Waals surface area contributed by atoms with Crippen LogP contribution in [0.4, 0.5) is 0 Å². The van der Waals surface area contributed by atoms with E-state index in [4.69, 9.17) is 0 Å². The first-order valence-electron chi connectivity index (χ1n) is 4.16. The number of amides is 1. The van der Waals surface area contributed by atoms with E-state index in [1.54, 1.807) is 0 Å². The molecule has 1 amide bonds. The van der Waals surface area contributed by atoms with E-state index in [1.807, 2.05) is 0 Å². The standard InChI is InChI=1S/C8H9NO4S/c10-5-1-6(9-5)14-3-4-2-13-8(12)7(4)11/h6,11H,1-3H2,(H,9,10). The molecule has 0 aliphatic carbocycles. The van der Waals surface area contributed by atoms with Gasteiger partial charge in [0.15, 0.2) is 0 Å². The average molecular weight is 215 g/mol. The number of ether oxygens (including phenoxy) is 1. The van der Waals surface area contributed by atoms with Crippen molar-refractivity contribution in [3.8, 4) is 0 Å². The van der Waals surface area contributed by atoms with Crippen molar-refractivity contribution in [2.24, 2.45) is 0 Å². The second-order valence-electron chi connectivity index (χ2n) is 3.10. The number of nitrogens with one attached hydrogen (secondary N) is 1. The van der Waals surface area contributed by atoms with Crippen LogP contribution in [-0.4, -0.2) is 34.7 Å². The fraction of sp³-hybridized carbons (Fsp3) is 0.500. The highest BCUT2D eigenvalue weighted by Crippen LogP contribution is 2.24. The largest absolute Gasteiger partial charge is 0.502 e. The molecule has 76 valence electrons. The molecule has 1 unspecified atom stereocenters. The molecule has 0 aromatic rings. The van der Waals surface area contributed by atoms with Crippen LogP contribution in [0.1, 0.15) is 6.42 Å². The van der Waals surface area contributed by atoms with Gasteiger partial charge in [0.2, 0.25) is 11.7 Å². The van der Waals surface area contributed by atoms with E-state index in [9.17, 15) is 14.7 Å². The molecule has 0 spiro atoms. The minimum Gasteiger partial charge on any atom is -0.502 e. The summed E-state index contributed by atoms with van der Waals surface area (Å²) in [6.07, 6.45) is 0.507. The van der Waals surface area contributed by atoms with E-state index in [0.29, 0.717) is 17.7 Å². The van der Waals surface area contributed by atoms with Gasteiger partial charge in [-0.2, -0.15) is 0 Å². The van der Waals surface area contributed by atoms with E-state index in [-0.39, 0.29) is 23.6 Å². The molecule has 2 aliphatic heterocycles. The van der Waals surface area contributed by atoms with Crippen LogP contribution in [0.25, 0.3) is 0 Å². The second-order valence-corrected chi connectivity index (χ2v) is 4.29. The normalized spacial score (nSPS) is 25.9. The fourth-order valence-electron chi connectivity index (χ4n) is 1.17. The highest BCUT2D eigenvalue weighted by Gasteiger charge is 2.28. The number of esters is 1. The number of carbonyl (C=O) groups excluding carboxylic acids is 2. The molecule has 0 radical (unpaired) electrons. The number of β-lactam (4-membered cyclic amide) rings is 1. The predicted octanol–water partition coefficient (Wildman–Crippen LogP) is -0.0655. The Kier molecular flexibility index (Phi) is 2.37. The zero-order valence-electron chi connectivity index (χ0n) is 7.28. The van der Waals surface area contributed by atoms with Crippen molar-refractivity contribution in [2.75, 3.05) is 12.4 Å². The average Bonchev–Trinajstić information content (AvgIpc) is 2.41. The predicted molar refractivity (Wildman–Crippen MR) is 49.6 cm³/mol. The van der Waals surface area contributed by atoms with Crippen LogP contribution in [0.3, 0.4) is 0 Å². The molecule has 0 aromatic carbocycles. The van der Waals surface area contributed by atoms with E-state index in [2.05, 4.69) is 10.1 Å². The summed E-state index contributed by atoms with van der Waals surface area (Å²) in [7, 11) is 0. The molecule has 2 heterocycles. The summed E-state index contributed by atoms with van der Waals surface area (Å²) in [5.41, 5.74) is 0.598. The number of carbonyl (C=O) groups is 2. The van der Waals surface area contributed by atoms with Gasteiger partial charge in [0.05, 0.1) is 11.8 Å². The van der Waals surface area contributed by atoms with Crippen molar-refractivity contribution in [1.82, 2.24) is 5.32 Å². The molecule has 0 aromatic heterocycles. The minimum absolute atomic E-state index is 0.0412. The minimum atomic E-state index is -0.654. The Labute approximate surface area is 84.5 Å². The molecular weight excluding hydrogens is 206 g/mol. The zero-order chi connectivity index (χ0) is 10.1. The first-order valence-corrected chi connectivity index (χ1v) is 5.21. The van der Waals surface area contributed by atoms with E-state index in [1.165, 1.54) is 11.8 Å². The van der Waals surface area contributed by atoms with Crippen LogP contribution in [0.15, 0.2) is 11.3 Å². The molecule has 2 rings (SSSR count). The highest BCUT2D eigenvalue weighted by molar-refractivity contribution is 8.00. The Morgan fingerprint density at radius 2 is 2.29 bits per heavy atom. The lowest BCUT2D eigenvalue weighted by molar-refractivity contribution is -0.138. The molecule has 5 nitrogen and oxygen atoms in total. The number of hydrogen-bond donors (Lipinski definition) is 2. The summed E-state index contributed by atoms with van der Waals surface area (Å²) >= 11 is 1.49. The number of aliphatic hydroxyl groups is 1. The van der Waals surface area contributed by atoms with Crippen molar-refractivity contribution in [3.05, 3.63) is 11.3 Å².